The molecule has 0 amide bonds. The van der Waals surface area contributed by atoms with Crippen LogP contribution in [-0.4, -0.2) is 71.5 Å². The molecule has 0 radical (unpaired) electrons. The summed E-state index contributed by atoms with van der Waals surface area (Å²) in [5.41, 5.74) is 0. The van der Waals surface area contributed by atoms with Crippen LogP contribution < -0.4 is 0 Å². The monoisotopic (exact) mass is 270 g/mol. The van der Waals surface area contributed by atoms with Gasteiger partial charge in [0.1, 0.15) is 0 Å². The van der Waals surface area contributed by atoms with Crippen LogP contribution in [0, 0.1) is 0 Å². The van der Waals surface area contributed by atoms with Gasteiger partial charge in [0.25, 0.3) is 0 Å². The highest BCUT2D eigenvalue weighted by Gasteiger charge is 2.24. The molecule has 0 bridgehead atoms. The minimum absolute atomic E-state index is 0.325. The second-order valence-corrected chi connectivity index (χ2v) is 6.09. The summed E-state index contributed by atoms with van der Waals surface area (Å²) < 4.78 is 0. The summed E-state index contributed by atoms with van der Waals surface area (Å²) >= 11 is 0. The van der Waals surface area contributed by atoms with Gasteiger partial charge in [-0.15, -0.1) is 0 Å². The lowest BCUT2D eigenvalue weighted by Crippen LogP contribution is -2.34. The van der Waals surface area contributed by atoms with Gasteiger partial charge in [-0.05, 0) is 64.7 Å². The maximum Gasteiger partial charge on any atom is 0.0586 e. The second-order valence-electron chi connectivity index (χ2n) is 6.09. The zero-order valence-electron chi connectivity index (χ0n) is 12.1. The molecule has 19 heavy (non-hydrogen) atoms. The molecule has 0 aromatic heterocycles. The van der Waals surface area contributed by atoms with Gasteiger partial charge in [-0.2, -0.15) is 0 Å². The largest absolute Gasteiger partial charge is 0.395 e. The summed E-state index contributed by atoms with van der Waals surface area (Å²) in [6.07, 6.45) is 8.59. The Balaban J connectivity index is 1.52. The van der Waals surface area contributed by atoms with Crippen molar-refractivity contribution < 1.29 is 10.2 Å². The molecule has 0 aliphatic carbocycles. The molecule has 2 saturated heterocycles. The summed E-state index contributed by atoms with van der Waals surface area (Å²) in [4.78, 5) is 4.90. The Morgan fingerprint density at radius 3 is 1.63 bits per heavy atom. The molecule has 112 valence electrons. The minimum atomic E-state index is 0.325. The van der Waals surface area contributed by atoms with Crippen molar-refractivity contribution in [1.29, 1.82) is 0 Å². The standard InChI is InChI=1S/C15H30N2O2/c18-12-14-6-4-10-16(14)8-2-1-3-9-17-11-5-7-15(17)13-19/h14-15,18-19H,1-13H2. The summed E-state index contributed by atoms with van der Waals surface area (Å²) in [6, 6.07) is 0.856. The first-order valence-corrected chi connectivity index (χ1v) is 8.05. The van der Waals surface area contributed by atoms with Crippen molar-refractivity contribution in [2.45, 2.75) is 57.0 Å². The highest BCUT2D eigenvalue weighted by Crippen LogP contribution is 2.19. The first-order chi connectivity index (χ1) is 9.35. The zero-order chi connectivity index (χ0) is 13.5. The first-order valence-electron chi connectivity index (χ1n) is 8.05. The van der Waals surface area contributed by atoms with Crippen LogP contribution in [0.2, 0.25) is 0 Å². The predicted octanol–water partition coefficient (Wildman–Crippen LogP) is 1.07. The fourth-order valence-electron chi connectivity index (χ4n) is 3.60. The van der Waals surface area contributed by atoms with Crippen LogP contribution >= 0.6 is 0 Å². The summed E-state index contributed by atoms with van der Waals surface area (Å²) in [6.45, 7) is 5.29. The normalized spacial score (nSPS) is 29.4. The molecule has 2 unspecified atom stereocenters. The molecule has 0 saturated carbocycles. The quantitative estimate of drug-likeness (QED) is 0.648. The van der Waals surface area contributed by atoms with Crippen LogP contribution in [0.4, 0.5) is 0 Å². The zero-order valence-corrected chi connectivity index (χ0v) is 12.1. The number of aliphatic hydroxyl groups is 2. The number of hydrogen-bond acceptors (Lipinski definition) is 4. The van der Waals surface area contributed by atoms with E-state index < -0.39 is 0 Å². The van der Waals surface area contributed by atoms with Crippen molar-refractivity contribution in [2.24, 2.45) is 0 Å². The van der Waals surface area contributed by atoms with E-state index in [1.165, 1.54) is 58.0 Å². The Morgan fingerprint density at radius 1 is 0.737 bits per heavy atom. The molecule has 0 aromatic rings. The van der Waals surface area contributed by atoms with Gasteiger partial charge in [0.05, 0.1) is 13.2 Å². The van der Waals surface area contributed by atoms with E-state index in [-0.39, 0.29) is 0 Å². The van der Waals surface area contributed by atoms with Crippen LogP contribution in [0.25, 0.3) is 0 Å². The predicted molar refractivity (Wildman–Crippen MR) is 77.2 cm³/mol. The fraction of sp³-hybridized carbons (Fsp3) is 1.00. The van der Waals surface area contributed by atoms with Gasteiger partial charge in [0, 0.05) is 12.1 Å². The number of aliphatic hydroxyl groups excluding tert-OH is 2. The molecule has 2 atom stereocenters. The molecule has 0 aromatic carbocycles. The maximum atomic E-state index is 9.27. The van der Waals surface area contributed by atoms with Crippen molar-refractivity contribution in [1.82, 2.24) is 9.80 Å². The molecule has 2 rings (SSSR count). The summed E-state index contributed by atoms with van der Waals surface area (Å²) in [5, 5.41) is 18.5. The summed E-state index contributed by atoms with van der Waals surface area (Å²) in [5.74, 6) is 0. The smallest absolute Gasteiger partial charge is 0.0586 e. The van der Waals surface area contributed by atoms with Crippen molar-refractivity contribution in [3.8, 4) is 0 Å². The highest BCUT2D eigenvalue weighted by atomic mass is 16.3. The van der Waals surface area contributed by atoms with E-state index in [1.807, 2.05) is 0 Å². The van der Waals surface area contributed by atoms with Crippen molar-refractivity contribution in [3.05, 3.63) is 0 Å². The van der Waals surface area contributed by atoms with E-state index in [4.69, 9.17) is 0 Å². The molecule has 2 aliphatic heterocycles. The first kappa shape index (κ1) is 15.2. The van der Waals surface area contributed by atoms with Crippen LogP contribution in [0.15, 0.2) is 0 Å². The fourth-order valence-corrected chi connectivity index (χ4v) is 3.60. The minimum Gasteiger partial charge on any atom is -0.395 e. The summed E-state index contributed by atoms with van der Waals surface area (Å²) in [7, 11) is 0. The van der Waals surface area contributed by atoms with Gasteiger partial charge in [-0.1, -0.05) is 6.42 Å². The van der Waals surface area contributed by atoms with Crippen molar-refractivity contribution in [3.63, 3.8) is 0 Å². The molecular weight excluding hydrogens is 240 g/mol. The van der Waals surface area contributed by atoms with Crippen LogP contribution in [0.1, 0.15) is 44.9 Å². The van der Waals surface area contributed by atoms with E-state index in [2.05, 4.69) is 9.80 Å². The third kappa shape index (κ3) is 4.42. The topological polar surface area (TPSA) is 46.9 Å². The molecule has 4 heteroatoms. The average molecular weight is 270 g/mol. The Bertz CT molecular complexity index is 226. The highest BCUT2D eigenvalue weighted by molar-refractivity contribution is 4.79. The molecule has 2 heterocycles. The van der Waals surface area contributed by atoms with Gasteiger partial charge in [0.15, 0.2) is 0 Å². The molecule has 2 fully saturated rings. The van der Waals surface area contributed by atoms with E-state index >= 15 is 0 Å². The van der Waals surface area contributed by atoms with Crippen LogP contribution in [-0.2, 0) is 0 Å². The Hall–Kier alpha value is -0.160. The lowest BCUT2D eigenvalue weighted by atomic mass is 10.2. The van der Waals surface area contributed by atoms with Gasteiger partial charge in [-0.25, -0.2) is 0 Å². The SMILES string of the molecule is OCC1CCCN1CCCCCN1CCCC1CO. The van der Waals surface area contributed by atoms with E-state index in [0.29, 0.717) is 25.3 Å². The molecule has 2 N–H and O–H groups in total. The van der Waals surface area contributed by atoms with Crippen molar-refractivity contribution in [2.75, 3.05) is 39.4 Å². The molecule has 4 nitrogen and oxygen atoms in total. The Kier molecular flexibility index (Phi) is 6.57. The van der Waals surface area contributed by atoms with Gasteiger partial charge in [-0.3, -0.25) is 9.80 Å². The number of unbranched alkanes of at least 4 members (excludes halogenated alkanes) is 2. The Morgan fingerprint density at radius 2 is 1.21 bits per heavy atom. The Labute approximate surface area is 117 Å². The number of likely N-dealkylation sites (tertiary alicyclic amines) is 2. The maximum absolute atomic E-state index is 9.27. The third-order valence-corrected chi connectivity index (χ3v) is 4.81. The van der Waals surface area contributed by atoms with Crippen LogP contribution in [0.5, 0.6) is 0 Å². The lowest BCUT2D eigenvalue weighted by molar-refractivity contribution is 0.150. The van der Waals surface area contributed by atoms with E-state index in [9.17, 15) is 10.2 Å². The number of nitrogens with zero attached hydrogens (tertiary/aromatic N) is 2. The number of rotatable bonds is 8. The lowest BCUT2D eigenvalue weighted by Gasteiger charge is -2.24. The molecular formula is C15H30N2O2. The van der Waals surface area contributed by atoms with Gasteiger partial charge in [0.2, 0.25) is 0 Å². The van der Waals surface area contributed by atoms with Gasteiger partial charge >= 0.3 is 0 Å². The van der Waals surface area contributed by atoms with Crippen molar-refractivity contribution >= 4 is 0 Å². The van der Waals surface area contributed by atoms with Gasteiger partial charge < -0.3 is 10.2 Å². The molecule has 0 spiro atoms. The van der Waals surface area contributed by atoms with E-state index in [0.717, 1.165) is 13.1 Å². The third-order valence-electron chi connectivity index (χ3n) is 4.81. The average Bonchev–Trinajstić information content (AvgIpc) is 3.06. The second kappa shape index (κ2) is 8.20. The number of hydrogen-bond donors (Lipinski definition) is 2. The molecule has 2 aliphatic rings. The van der Waals surface area contributed by atoms with Crippen LogP contribution in [0.3, 0.4) is 0 Å². The van der Waals surface area contributed by atoms with E-state index in [1.54, 1.807) is 0 Å².